The molecule has 1 saturated carbocycles. The average molecular weight is 424 g/mol. The van der Waals surface area contributed by atoms with Gasteiger partial charge in [0.2, 0.25) is 0 Å². The lowest BCUT2D eigenvalue weighted by atomic mass is 10.2. The van der Waals surface area contributed by atoms with E-state index in [4.69, 9.17) is 4.74 Å². The summed E-state index contributed by atoms with van der Waals surface area (Å²) < 4.78 is 5.86. The summed E-state index contributed by atoms with van der Waals surface area (Å²) in [7, 11) is 1.83. The van der Waals surface area contributed by atoms with Gasteiger partial charge in [0.15, 0.2) is 5.96 Å². The maximum atomic E-state index is 5.86. The Balaban J connectivity index is 0.00000242. The molecule has 1 aliphatic carbocycles. The van der Waals surface area contributed by atoms with E-state index in [9.17, 15) is 0 Å². The number of ether oxygens (including phenoxy) is 1. The Morgan fingerprint density at radius 1 is 1.41 bits per heavy atom. The molecule has 22 heavy (non-hydrogen) atoms. The summed E-state index contributed by atoms with van der Waals surface area (Å²) in [5.41, 5.74) is 0.410. The number of halogens is 1. The quantitative estimate of drug-likeness (QED) is 0.402. The highest BCUT2D eigenvalue weighted by Crippen LogP contribution is 2.44. The molecule has 0 aromatic heterocycles. The van der Waals surface area contributed by atoms with Crippen molar-refractivity contribution in [3.8, 4) is 0 Å². The molecule has 1 heterocycles. The van der Waals surface area contributed by atoms with Crippen LogP contribution in [-0.4, -0.2) is 62.8 Å². The predicted molar refractivity (Wildman–Crippen MR) is 103 cm³/mol. The number of rotatable bonds is 5. The molecule has 0 spiro atoms. The smallest absolute Gasteiger partial charge is 0.191 e. The van der Waals surface area contributed by atoms with Crippen molar-refractivity contribution >= 4 is 29.9 Å². The summed E-state index contributed by atoms with van der Waals surface area (Å²) in [6.45, 7) is 14.0. The van der Waals surface area contributed by atoms with E-state index in [1.165, 1.54) is 6.42 Å². The Morgan fingerprint density at radius 3 is 2.64 bits per heavy atom. The minimum Gasteiger partial charge on any atom is -0.374 e. The summed E-state index contributed by atoms with van der Waals surface area (Å²) in [6.07, 6.45) is 1.47. The van der Waals surface area contributed by atoms with Gasteiger partial charge < -0.3 is 15.4 Å². The lowest BCUT2D eigenvalue weighted by Crippen LogP contribution is -2.50. The number of hydrogen-bond acceptors (Lipinski definition) is 3. The van der Waals surface area contributed by atoms with Crippen molar-refractivity contribution in [2.45, 2.75) is 46.3 Å². The lowest BCUT2D eigenvalue weighted by Gasteiger charge is -2.34. The molecule has 0 bridgehead atoms. The average Bonchev–Trinajstić information content (AvgIpc) is 3.01. The maximum Gasteiger partial charge on any atom is 0.191 e. The number of nitrogens with zero attached hydrogens (tertiary/aromatic N) is 2. The standard InChI is InChI=1S/C16H32N4O.HI/c1-12(2)10-20-6-7-21-13(11-20)9-18-15(17-5)19-14-8-16(14,3)4;/h12-14H,6-11H2,1-5H3,(H2,17,18,19);1H. The highest BCUT2D eigenvalue weighted by molar-refractivity contribution is 14.0. The van der Waals surface area contributed by atoms with Gasteiger partial charge in [-0.25, -0.2) is 0 Å². The predicted octanol–water partition coefficient (Wildman–Crippen LogP) is 1.92. The van der Waals surface area contributed by atoms with Crippen LogP contribution in [0.5, 0.6) is 0 Å². The second kappa shape index (κ2) is 8.68. The van der Waals surface area contributed by atoms with Gasteiger partial charge in [0, 0.05) is 39.3 Å². The second-order valence-electron chi connectivity index (χ2n) is 7.49. The van der Waals surface area contributed by atoms with Crippen molar-refractivity contribution in [1.29, 1.82) is 0 Å². The first kappa shape index (κ1) is 20.0. The number of morpholine rings is 1. The van der Waals surface area contributed by atoms with E-state index in [1.54, 1.807) is 0 Å². The van der Waals surface area contributed by atoms with E-state index in [0.29, 0.717) is 17.4 Å². The summed E-state index contributed by atoms with van der Waals surface area (Å²) in [4.78, 5) is 6.81. The molecule has 6 heteroatoms. The highest BCUT2D eigenvalue weighted by Gasteiger charge is 2.46. The maximum absolute atomic E-state index is 5.86. The van der Waals surface area contributed by atoms with E-state index in [1.807, 2.05) is 7.05 Å². The Morgan fingerprint density at radius 2 is 2.09 bits per heavy atom. The third-order valence-corrected chi connectivity index (χ3v) is 4.39. The van der Waals surface area contributed by atoms with Crippen molar-refractivity contribution in [1.82, 2.24) is 15.5 Å². The van der Waals surface area contributed by atoms with E-state index >= 15 is 0 Å². The molecule has 1 saturated heterocycles. The number of hydrogen-bond donors (Lipinski definition) is 2. The van der Waals surface area contributed by atoms with Gasteiger partial charge in [-0.1, -0.05) is 27.7 Å². The topological polar surface area (TPSA) is 48.9 Å². The normalized spacial score (nSPS) is 28.2. The zero-order valence-corrected chi connectivity index (χ0v) is 17.0. The van der Waals surface area contributed by atoms with Gasteiger partial charge in [0.1, 0.15) is 0 Å². The Bertz CT molecular complexity index is 373. The Hall–Kier alpha value is -0.0800. The highest BCUT2D eigenvalue weighted by atomic mass is 127. The first-order valence-corrected chi connectivity index (χ1v) is 8.22. The van der Waals surface area contributed by atoms with Crippen LogP contribution in [-0.2, 0) is 4.74 Å². The molecule has 130 valence electrons. The largest absolute Gasteiger partial charge is 0.374 e. The zero-order valence-electron chi connectivity index (χ0n) is 14.7. The fourth-order valence-corrected chi connectivity index (χ4v) is 2.87. The van der Waals surface area contributed by atoms with Gasteiger partial charge in [-0.05, 0) is 17.8 Å². The third kappa shape index (κ3) is 6.20. The minimum atomic E-state index is 0. The lowest BCUT2D eigenvalue weighted by molar-refractivity contribution is -0.0284. The van der Waals surface area contributed by atoms with Crippen LogP contribution >= 0.6 is 24.0 Å². The molecule has 2 aliphatic rings. The van der Waals surface area contributed by atoms with Gasteiger partial charge >= 0.3 is 0 Å². The Labute approximate surface area is 152 Å². The molecule has 2 atom stereocenters. The van der Waals surface area contributed by atoms with Gasteiger partial charge in [0.25, 0.3) is 0 Å². The van der Waals surface area contributed by atoms with Crippen molar-refractivity contribution < 1.29 is 4.74 Å². The fraction of sp³-hybridized carbons (Fsp3) is 0.938. The fourth-order valence-electron chi connectivity index (χ4n) is 2.87. The summed E-state index contributed by atoms with van der Waals surface area (Å²) in [5, 5.41) is 6.89. The molecule has 0 aromatic rings. The van der Waals surface area contributed by atoms with Gasteiger partial charge in [-0.2, -0.15) is 0 Å². The first-order chi connectivity index (χ1) is 9.90. The van der Waals surface area contributed by atoms with E-state index in [-0.39, 0.29) is 30.1 Å². The Kier molecular flexibility index (Phi) is 7.88. The molecule has 0 radical (unpaired) electrons. The van der Waals surface area contributed by atoms with Crippen molar-refractivity contribution in [2.24, 2.45) is 16.3 Å². The first-order valence-electron chi connectivity index (χ1n) is 8.22. The minimum absolute atomic E-state index is 0. The van der Waals surface area contributed by atoms with Crippen LogP contribution in [0, 0.1) is 11.3 Å². The molecule has 1 aliphatic heterocycles. The van der Waals surface area contributed by atoms with Crippen molar-refractivity contribution in [2.75, 3.05) is 39.8 Å². The van der Waals surface area contributed by atoms with Crippen LogP contribution in [0.4, 0.5) is 0 Å². The van der Waals surface area contributed by atoms with Gasteiger partial charge in [0.05, 0.1) is 12.7 Å². The molecular formula is C16H33IN4O. The summed E-state index contributed by atoms with van der Waals surface area (Å²) in [6, 6.07) is 0.549. The summed E-state index contributed by atoms with van der Waals surface area (Å²) >= 11 is 0. The monoisotopic (exact) mass is 424 g/mol. The third-order valence-electron chi connectivity index (χ3n) is 4.39. The molecule has 2 rings (SSSR count). The second-order valence-corrected chi connectivity index (χ2v) is 7.49. The SMILES string of the molecule is CN=C(NCC1CN(CC(C)C)CCO1)NC1CC1(C)C.I. The van der Waals surface area contributed by atoms with E-state index in [0.717, 1.165) is 38.7 Å². The van der Waals surface area contributed by atoms with E-state index in [2.05, 4.69) is 48.2 Å². The van der Waals surface area contributed by atoms with Crippen LogP contribution in [0.3, 0.4) is 0 Å². The zero-order chi connectivity index (χ0) is 15.5. The molecule has 2 N–H and O–H groups in total. The van der Waals surface area contributed by atoms with E-state index < -0.39 is 0 Å². The molecule has 0 aromatic carbocycles. The molecule has 5 nitrogen and oxygen atoms in total. The number of aliphatic imine (C=N–C) groups is 1. The van der Waals surface area contributed by atoms with Crippen LogP contribution in [0.25, 0.3) is 0 Å². The molecule has 2 unspecified atom stereocenters. The van der Waals surface area contributed by atoms with Crippen LogP contribution < -0.4 is 10.6 Å². The molecular weight excluding hydrogens is 391 g/mol. The molecule has 2 fully saturated rings. The van der Waals surface area contributed by atoms with Crippen LogP contribution in [0.1, 0.15) is 34.1 Å². The van der Waals surface area contributed by atoms with Crippen LogP contribution in [0.15, 0.2) is 4.99 Å². The van der Waals surface area contributed by atoms with Gasteiger partial charge in [-0.3, -0.25) is 9.89 Å². The van der Waals surface area contributed by atoms with Gasteiger partial charge in [-0.15, -0.1) is 24.0 Å². The van der Waals surface area contributed by atoms with Crippen LogP contribution in [0.2, 0.25) is 0 Å². The van der Waals surface area contributed by atoms with Crippen molar-refractivity contribution in [3.05, 3.63) is 0 Å². The number of nitrogens with one attached hydrogen (secondary N) is 2. The number of guanidine groups is 1. The van der Waals surface area contributed by atoms with Crippen molar-refractivity contribution in [3.63, 3.8) is 0 Å². The molecule has 0 amide bonds. The summed E-state index contributed by atoms with van der Waals surface area (Å²) in [5.74, 6) is 1.61.